The molecule has 0 aliphatic carbocycles. The Kier molecular flexibility index (Phi) is 16.0. The van der Waals surface area contributed by atoms with Crippen LogP contribution in [0.15, 0.2) is 84.9 Å². The molecule has 0 heterocycles. The molecule has 2 atom stereocenters. The van der Waals surface area contributed by atoms with E-state index in [-0.39, 0.29) is 0 Å². The first kappa shape index (κ1) is 33.0. The van der Waals surface area contributed by atoms with E-state index in [9.17, 15) is 9.46 Å². The van der Waals surface area contributed by atoms with Crippen molar-refractivity contribution >= 4 is 7.82 Å². The summed E-state index contributed by atoms with van der Waals surface area (Å²) in [6.45, 7) is 9.10. The highest BCUT2D eigenvalue weighted by Gasteiger charge is 2.24. The van der Waals surface area contributed by atoms with E-state index in [0.717, 1.165) is 51.4 Å². The first-order valence-electron chi connectivity index (χ1n) is 14.8. The van der Waals surface area contributed by atoms with Gasteiger partial charge in [0.2, 0.25) is 0 Å². The van der Waals surface area contributed by atoms with Gasteiger partial charge in [-0.2, -0.15) is 0 Å². The summed E-state index contributed by atoms with van der Waals surface area (Å²) in [4.78, 5) is 9.77. The van der Waals surface area contributed by atoms with E-state index in [1.165, 1.54) is 22.3 Å². The molecular formula is C34H49O4P. The van der Waals surface area contributed by atoms with Crippen LogP contribution >= 0.6 is 7.82 Å². The maximum absolute atomic E-state index is 11.9. The maximum Gasteiger partial charge on any atom is 0.472 e. The third-order valence-electron chi connectivity index (χ3n) is 7.13. The van der Waals surface area contributed by atoms with Gasteiger partial charge in [0.1, 0.15) is 0 Å². The molecule has 0 fully saturated rings. The lowest BCUT2D eigenvalue weighted by atomic mass is 9.95. The SMILES string of the molecule is CCCCC(CC)COP(=O)(O)OCC(CC)CCCC.c1ccc(-c2ccccc2-c2ccccc2)cc1. The van der Waals surface area contributed by atoms with Crippen LogP contribution in [0.5, 0.6) is 0 Å². The number of hydrogen-bond donors (Lipinski definition) is 1. The third-order valence-corrected chi connectivity index (χ3v) is 8.08. The van der Waals surface area contributed by atoms with E-state index in [1.807, 2.05) is 0 Å². The number of rotatable bonds is 16. The molecule has 3 aromatic carbocycles. The normalized spacial score (nSPS) is 14.1. The second kappa shape index (κ2) is 19.0. The lowest BCUT2D eigenvalue weighted by Crippen LogP contribution is -2.12. The zero-order chi connectivity index (χ0) is 28.3. The minimum atomic E-state index is -3.89. The van der Waals surface area contributed by atoms with Gasteiger partial charge in [0.25, 0.3) is 0 Å². The van der Waals surface area contributed by atoms with Gasteiger partial charge in [-0.1, -0.05) is 151 Å². The first-order chi connectivity index (χ1) is 18.9. The predicted octanol–water partition coefficient (Wildman–Crippen LogP) is 10.6. The molecule has 0 aliphatic rings. The molecule has 0 aliphatic heterocycles. The van der Waals surface area contributed by atoms with Gasteiger partial charge in [0.05, 0.1) is 13.2 Å². The van der Waals surface area contributed by atoms with Crippen molar-refractivity contribution in [2.24, 2.45) is 11.8 Å². The Morgan fingerprint density at radius 2 is 0.974 bits per heavy atom. The zero-order valence-electron chi connectivity index (χ0n) is 24.4. The Balaban J connectivity index is 0.000000275. The van der Waals surface area contributed by atoms with E-state index < -0.39 is 7.82 Å². The summed E-state index contributed by atoms with van der Waals surface area (Å²) in [6.07, 6.45) is 8.56. The molecular weight excluding hydrogens is 503 g/mol. The van der Waals surface area contributed by atoms with Crippen LogP contribution in [0, 0.1) is 11.8 Å². The zero-order valence-corrected chi connectivity index (χ0v) is 25.3. The van der Waals surface area contributed by atoms with Gasteiger partial charge in [0, 0.05) is 0 Å². The molecule has 3 aromatic rings. The third kappa shape index (κ3) is 12.7. The number of phosphoric acid groups is 1. The highest BCUT2D eigenvalue weighted by Crippen LogP contribution is 2.44. The lowest BCUT2D eigenvalue weighted by molar-refractivity contribution is 0.110. The fourth-order valence-electron chi connectivity index (χ4n) is 4.45. The maximum atomic E-state index is 11.9. The minimum absolute atomic E-state index is 0.316. The molecule has 39 heavy (non-hydrogen) atoms. The molecule has 0 spiro atoms. The molecule has 2 unspecified atom stereocenters. The van der Waals surface area contributed by atoms with Crippen molar-refractivity contribution in [1.29, 1.82) is 0 Å². The molecule has 0 saturated heterocycles. The smallest absolute Gasteiger partial charge is 0.302 e. The topological polar surface area (TPSA) is 55.8 Å². The van der Waals surface area contributed by atoms with Crippen LogP contribution in [-0.2, 0) is 13.6 Å². The number of benzene rings is 3. The molecule has 1 N–H and O–H groups in total. The second-order valence-corrected chi connectivity index (χ2v) is 11.6. The highest BCUT2D eigenvalue weighted by atomic mass is 31.2. The largest absolute Gasteiger partial charge is 0.472 e. The van der Waals surface area contributed by atoms with Crippen molar-refractivity contribution in [2.45, 2.75) is 79.1 Å². The van der Waals surface area contributed by atoms with Crippen molar-refractivity contribution in [2.75, 3.05) is 13.2 Å². The Morgan fingerprint density at radius 1 is 0.615 bits per heavy atom. The van der Waals surface area contributed by atoms with E-state index >= 15 is 0 Å². The number of hydrogen-bond acceptors (Lipinski definition) is 3. The van der Waals surface area contributed by atoms with Crippen molar-refractivity contribution < 1.29 is 18.5 Å². The summed E-state index contributed by atoms with van der Waals surface area (Å²) >= 11 is 0. The molecule has 0 radical (unpaired) electrons. The van der Waals surface area contributed by atoms with Crippen LogP contribution in [0.25, 0.3) is 22.3 Å². The summed E-state index contributed by atoms with van der Waals surface area (Å²) in [5.74, 6) is 0.687. The summed E-state index contributed by atoms with van der Waals surface area (Å²) < 4.78 is 22.2. The van der Waals surface area contributed by atoms with Gasteiger partial charge in [-0.3, -0.25) is 9.05 Å². The van der Waals surface area contributed by atoms with E-state index in [4.69, 9.17) is 9.05 Å². The monoisotopic (exact) mass is 552 g/mol. The van der Waals surface area contributed by atoms with Crippen LogP contribution < -0.4 is 0 Å². The Hall–Kier alpha value is -2.23. The molecule has 214 valence electrons. The fraction of sp³-hybridized carbons (Fsp3) is 0.471. The van der Waals surface area contributed by atoms with Crippen molar-refractivity contribution in [3.8, 4) is 22.3 Å². The standard InChI is InChI=1S/C18H14.C16H35O4P/c1-3-9-15(10-4-1)17-13-7-8-14-18(17)16-11-5-2-6-12-16;1-5-9-11-15(7-3)13-19-21(17,18)20-14-16(8-4)12-10-6-2/h1-14H;15-16H,5-14H2,1-4H3,(H,17,18). The van der Waals surface area contributed by atoms with Crippen molar-refractivity contribution in [3.05, 3.63) is 84.9 Å². The summed E-state index contributed by atoms with van der Waals surface area (Å²) in [6, 6.07) is 29.6. The van der Waals surface area contributed by atoms with Gasteiger partial charge >= 0.3 is 7.82 Å². The van der Waals surface area contributed by atoms with Crippen LogP contribution in [0.3, 0.4) is 0 Å². The van der Waals surface area contributed by atoms with Crippen molar-refractivity contribution in [3.63, 3.8) is 0 Å². The molecule has 5 heteroatoms. The van der Waals surface area contributed by atoms with Crippen LogP contribution in [0.4, 0.5) is 0 Å². The van der Waals surface area contributed by atoms with Gasteiger partial charge < -0.3 is 4.89 Å². The number of unbranched alkanes of at least 4 members (excludes halogenated alkanes) is 2. The van der Waals surface area contributed by atoms with Crippen molar-refractivity contribution in [1.82, 2.24) is 0 Å². The molecule has 4 nitrogen and oxygen atoms in total. The average Bonchev–Trinajstić information content (AvgIpc) is 2.98. The Labute approximate surface area is 237 Å². The van der Waals surface area contributed by atoms with Gasteiger partial charge in [-0.15, -0.1) is 0 Å². The molecule has 0 amide bonds. The van der Waals surface area contributed by atoms with Gasteiger partial charge in [-0.25, -0.2) is 4.57 Å². The van der Waals surface area contributed by atoms with Crippen LogP contribution in [0.1, 0.15) is 79.1 Å². The first-order valence-corrected chi connectivity index (χ1v) is 16.2. The van der Waals surface area contributed by atoms with E-state index in [1.54, 1.807) is 0 Å². The molecule has 0 aromatic heterocycles. The summed E-state index contributed by atoms with van der Waals surface area (Å²) in [5.41, 5.74) is 5.09. The second-order valence-electron chi connectivity index (χ2n) is 10.2. The Bertz CT molecular complexity index is 988. The summed E-state index contributed by atoms with van der Waals surface area (Å²) in [7, 11) is -3.89. The lowest BCUT2D eigenvalue weighted by Gasteiger charge is -2.20. The van der Waals surface area contributed by atoms with E-state index in [0.29, 0.717) is 25.0 Å². The van der Waals surface area contributed by atoms with Gasteiger partial charge in [-0.05, 0) is 46.9 Å². The minimum Gasteiger partial charge on any atom is -0.302 e. The molecule has 0 saturated carbocycles. The van der Waals surface area contributed by atoms with Crippen LogP contribution in [0.2, 0.25) is 0 Å². The quantitative estimate of drug-likeness (QED) is 0.180. The molecule has 3 rings (SSSR count). The highest BCUT2D eigenvalue weighted by molar-refractivity contribution is 7.47. The summed E-state index contributed by atoms with van der Waals surface area (Å²) in [5, 5.41) is 0. The van der Waals surface area contributed by atoms with Crippen LogP contribution in [-0.4, -0.2) is 18.1 Å². The van der Waals surface area contributed by atoms with E-state index in [2.05, 4.69) is 113 Å². The predicted molar refractivity (Wildman–Crippen MR) is 166 cm³/mol. The van der Waals surface area contributed by atoms with Gasteiger partial charge in [0.15, 0.2) is 0 Å². The fourth-order valence-corrected chi connectivity index (χ4v) is 5.33. The Morgan fingerprint density at radius 3 is 1.31 bits per heavy atom. The number of phosphoric ester groups is 1. The molecule has 0 bridgehead atoms. The average molecular weight is 553 g/mol.